The first-order valence-corrected chi connectivity index (χ1v) is 8.40. The number of rotatable bonds is 4. The van der Waals surface area contributed by atoms with Crippen LogP contribution in [0.25, 0.3) is 0 Å². The summed E-state index contributed by atoms with van der Waals surface area (Å²) in [5, 5.41) is 5.31. The van der Waals surface area contributed by atoms with E-state index in [1.807, 2.05) is 0 Å². The minimum atomic E-state index is -5.87. The van der Waals surface area contributed by atoms with Gasteiger partial charge in [-0.05, 0) is 61.2 Å². The SMILES string of the molecule is O=S(=O)(F)C(F)(F)CC12CC3CC(CC(CO)(C3)C1)C2. The van der Waals surface area contributed by atoms with Crippen molar-refractivity contribution in [2.75, 3.05) is 6.61 Å². The van der Waals surface area contributed by atoms with Crippen molar-refractivity contribution in [2.45, 2.75) is 50.2 Å². The number of hydrogen-bond acceptors (Lipinski definition) is 3. The number of aliphatic hydroxyl groups excluding tert-OH is 1. The topological polar surface area (TPSA) is 54.4 Å². The fourth-order valence-corrected chi connectivity index (χ4v) is 6.04. The Morgan fingerprint density at radius 3 is 2.05 bits per heavy atom. The van der Waals surface area contributed by atoms with Crippen molar-refractivity contribution in [3.05, 3.63) is 0 Å². The Balaban J connectivity index is 1.90. The summed E-state index contributed by atoms with van der Waals surface area (Å²) in [4.78, 5) is 0. The van der Waals surface area contributed by atoms with Crippen molar-refractivity contribution in [3.8, 4) is 0 Å². The van der Waals surface area contributed by atoms with E-state index in [9.17, 15) is 26.2 Å². The molecule has 20 heavy (non-hydrogen) atoms. The normalized spacial score (nSPS) is 44.0. The molecule has 0 amide bonds. The summed E-state index contributed by atoms with van der Waals surface area (Å²) < 4.78 is 61.4. The van der Waals surface area contributed by atoms with Crippen LogP contribution in [0.3, 0.4) is 0 Å². The Kier molecular flexibility index (Phi) is 3.02. The van der Waals surface area contributed by atoms with Gasteiger partial charge in [-0.3, -0.25) is 0 Å². The predicted molar refractivity (Wildman–Crippen MR) is 66.2 cm³/mol. The smallest absolute Gasteiger partial charge is 0.374 e. The molecule has 0 aromatic rings. The third-order valence-electron chi connectivity index (χ3n) is 5.58. The van der Waals surface area contributed by atoms with E-state index >= 15 is 0 Å². The fraction of sp³-hybridized carbons (Fsp3) is 1.00. The van der Waals surface area contributed by atoms with Gasteiger partial charge in [0.2, 0.25) is 0 Å². The molecular formula is C13H19F3O3S. The lowest BCUT2D eigenvalue weighted by Gasteiger charge is -2.62. The van der Waals surface area contributed by atoms with Gasteiger partial charge in [-0.2, -0.15) is 17.2 Å². The molecule has 0 spiro atoms. The van der Waals surface area contributed by atoms with Crippen molar-refractivity contribution in [1.82, 2.24) is 0 Å². The third kappa shape index (κ3) is 2.17. The molecule has 0 saturated heterocycles. The summed E-state index contributed by atoms with van der Waals surface area (Å²) in [6, 6.07) is 0. The summed E-state index contributed by atoms with van der Waals surface area (Å²) >= 11 is 0. The average molecular weight is 312 g/mol. The van der Waals surface area contributed by atoms with E-state index in [0.29, 0.717) is 19.3 Å². The van der Waals surface area contributed by atoms with Crippen molar-refractivity contribution in [3.63, 3.8) is 0 Å². The highest BCUT2D eigenvalue weighted by molar-refractivity contribution is 7.87. The van der Waals surface area contributed by atoms with Crippen LogP contribution in [0.15, 0.2) is 0 Å². The molecule has 0 aromatic heterocycles. The maximum absolute atomic E-state index is 13.6. The summed E-state index contributed by atoms with van der Waals surface area (Å²) in [5.74, 6) is 0.531. The molecule has 116 valence electrons. The average Bonchev–Trinajstić information content (AvgIpc) is 2.23. The highest BCUT2D eigenvalue weighted by atomic mass is 32.3. The quantitative estimate of drug-likeness (QED) is 0.812. The minimum Gasteiger partial charge on any atom is -0.396 e. The molecule has 7 heteroatoms. The van der Waals surface area contributed by atoms with Gasteiger partial charge in [0.15, 0.2) is 0 Å². The third-order valence-corrected chi connectivity index (χ3v) is 6.43. The first-order chi connectivity index (χ1) is 9.09. The molecule has 4 saturated carbocycles. The zero-order chi connectivity index (χ0) is 14.8. The maximum atomic E-state index is 13.6. The molecule has 2 atom stereocenters. The van der Waals surface area contributed by atoms with Crippen LogP contribution < -0.4 is 0 Å². The highest BCUT2D eigenvalue weighted by Crippen LogP contribution is 2.67. The van der Waals surface area contributed by atoms with Gasteiger partial charge in [-0.25, -0.2) is 0 Å². The Hall–Kier alpha value is -0.300. The van der Waals surface area contributed by atoms with Crippen LogP contribution in [0.2, 0.25) is 0 Å². The lowest BCUT2D eigenvalue weighted by atomic mass is 9.44. The van der Waals surface area contributed by atoms with Crippen LogP contribution in [0, 0.1) is 22.7 Å². The predicted octanol–water partition coefficient (Wildman–Crippen LogP) is 2.85. The Morgan fingerprint density at radius 2 is 1.60 bits per heavy atom. The number of halogens is 3. The fourth-order valence-electron chi connectivity index (χ4n) is 5.56. The van der Waals surface area contributed by atoms with E-state index in [-0.39, 0.29) is 23.9 Å². The molecule has 4 aliphatic rings. The molecule has 0 aliphatic heterocycles. The minimum absolute atomic E-state index is 0.0459. The summed E-state index contributed by atoms with van der Waals surface area (Å²) in [6.45, 7) is -0.0459. The molecule has 4 aliphatic carbocycles. The molecule has 1 N–H and O–H groups in total. The van der Waals surface area contributed by atoms with Crippen LogP contribution in [0.1, 0.15) is 44.9 Å². The second-order valence-corrected chi connectivity index (χ2v) is 8.84. The van der Waals surface area contributed by atoms with Crippen LogP contribution in [-0.4, -0.2) is 25.4 Å². The van der Waals surface area contributed by atoms with Gasteiger partial charge < -0.3 is 5.11 Å². The first-order valence-electron chi connectivity index (χ1n) is 7.02. The van der Waals surface area contributed by atoms with E-state index in [1.165, 1.54) is 0 Å². The molecule has 3 nitrogen and oxygen atoms in total. The van der Waals surface area contributed by atoms with Gasteiger partial charge in [0.25, 0.3) is 0 Å². The van der Waals surface area contributed by atoms with Crippen molar-refractivity contribution in [2.24, 2.45) is 22.7 Å². The molecule has 2 unspecified atom stereocenters. The second kappa shape index (κ2) is 4.12. The lowest BCUT2D eigenvalue weighted by molar-refractivity contribution is -0.150. The first kappa shape index (κ1) is 14.6. The Morgan fingerprint density at radius 1 is 1.10 bits per heavy atom. The van der Waals surface area contributed by atoms with E-state index in [1.54, 1.807) is 0 Å². The second-order valence-electron chi connectivity index (χ2n) is 7.37. The van der Waals surface area contributed by atoms with Gasteiger partial charge in [-0.1, -0.05) is 3.89 Å². The van der Waals surface area contributed by atoms with Gasteiger partial charge in [0, 0.05) is 13.0 Å². The van der Waals surface area contributed by atoms with Crippen molar-refractivity contribution >= 4 is 10.2 Å². The van der Waals surface area contributed by atoms with Gasteiger partial charge in [0.1, 0.15) is 0 Å². The van der Waals surface area contributed by atoms with E-state index in [4.69, 9.17) is 0 Å². The summed E-state index contributed by atoms with van der Waals surface area (Å²) in [6.07, 6.45) is 3.16. The highest BCUT2D eigenvalue weighted by Gasteiger charge is 2.62. The lowest BCUT2D eigenvalue weighted by Crippen LogP contribution is -2.55. The van der Waals surface area contributed by atoms with Gasteiger partial charge in [0.05, 0.1) is 0 Å². The zero-order valence-corrected chi connectivity index (χ0v) is 11.9. The number of alkyl halides is 2. The molecule has 4 bridgehead atoms. The van der Waals surface area contributed by atoms with Gasteiger partial charge >= 0.3 is 15.5 Å². The van der Waals surface area contributed by atoms with Crippen molar-refractivity contribution < 1.29 is 26.2 Å². The molecule has 0 radical (unpaired) electrons. The zero-order valence-electron chi connectivity index (χ0n) is 11.1. The van der Waals surface area contributed by atoms with Crippen LogP contribution in [0.5, 0.6) is 0 Å². The van der Waals surface area contributed by atoms with Crippen LogP contribution in [-0.2, 0) is 10.2 Å². The maximum Gasteiger partial charge on any atom is 0.374 e. The Bertz CT molecular complexity index is 503. The molecule has 0 aromatic carbocycles. The molecular weight excluding hydrogens is 293 g/mol. The van der Waals surface area contributed by atoms with Crippen LogP contribution in [0.4, 0.5) is 12.7 Å². The number of hydrogen-bond donors (Lipinski definition) is 1. The van der Waals surface area contributed by atoms with E-state index in [2.05, 4.69) is 0 Å². The van der Waals surface area contributed by atoms with E-state index in [0.717, 1.165) is 19.3 Å². The standard InChI is InChI=1S/C13H19F3O3S/c14-13(15,20(16,18)19)7-11-2-9-1-10(3-11)5-12(4-9,6-11)8-17/h9-10,17H,1-8H2. The van der Waals surface area contributed by atoms with Gasteiger partial charge in [-0.15, -0.1) is 0 Å². The number of aliphatic hydroxyl groups is 1. The molecule has 0 heterocycles. The van der Waals surface area contributed by atoms with Crippen LogP contribution >= 0.6 is 0 Å². The summed E-state index contributed by atoms with van der Waals surface area (Å²) in [5.41, 5.74) is -1.17. The molecule has 4 fully saturated rings. The van der Waals surface area contributed by atoms with E-state index < -0.39 is 27.3 Å². The summed E-state index contributed by atoms with van der Waals surface area (Å²) in [7, 11) is -5.87. The molecule has 4 rings (SSSR count). The Labute approximate surface area is 116 Å². The van der Waals surface area contributed by atoms with Crippen molar-refractivity contribution in [1.29, 1.82) is 0 Å². The largest absolute Gasteiger partial charge is 0.396 e. The monoisotopic (exact) mass is 312 g/mol.